The van der Waals surface area contributed by atoms with Gasteiger partial charge >= 0.3 is 0 Å². The summed E-state index contributed by atoms with van der Waals surface area (Å²) in [6.45, 7) is 2.42. The second-order valence-corrected chi connectivity index (χ2v) is 7.86. The third-order valence-electron chi connectivity index (χ3n) is 5.75. The summed E-state index contributed by atoms with van der Waals surface area (Å²) >= 11 is 0. The minimum absolute atomic E-state index is 0.0500. The van der Waals surface area contributed by atoms with Crippen LogP contribution in [0.1, 0.15) is 28.7 Å². The highest BCUT2D eigenvalue weighted by Crippen LogP contribution is 2.47. The highest BCUT2D eigenvalue weighted by atomic mass is 16.5. The van der Waals surface area contributed by atoms with Crippen LogP contribution in [0.25, 0.3) is 11.4 Å². The minimum Gasteiger partial charge on any atom is -0.337 e. The zero-order chi connectivity index (χ0) is 19.1. The first-order valence-electron chi connectivity index (χ1n) is 9.42. The van der Waals surface area contributed by atoms with Gasteiger partial charge in [-0.15, -0.1) is 0 Å². The third-order valence-corrected chi connectivity index (χ3v) is 5.75. The van der Waals surface area contributed by atoms with Crippen molar-refractivity contribution in [1.82, 2.24) is 24.9 Å². The summed E-state index contributed by atoms with van der Waals surface area (Å²) in [7, 11) is 2.08. The van der Waals surface area contributed by atoms with Crippen LogP contribution in [0.4, 0.5) is 0 Å². The normalized spacial score (nSPS) is 21.0. The lowest BCUT2D eigenvalue weighted by atomic mass is 9.77. The molecule has 142 valence electrons. The number of carbonyl (C=O) groups is 1. The number of pyridine rings is 1. The monoisotopic (exact) mass is 375 g/mol. The van der Waals surface area contributed by atoms with Gasteiger partial charge in [0.1, 0.15) is 0 Å². The number of aromatic nitrogens is 3. The number of nitrogens with zero attached hydrogens (tertiary/aromatic N) is 5. The van der Waals surface area contributed by atoms with Crippen molar-refractivity contribution in [2.24, 2.45) is 5.41 Å². The predicted octanol–water partition coefficient (Wildman–Crippen LogP) is 2.65. The van der Waals surface area contributed by atoms with Crippen LogP contribution < -0.4 is 0 Å². The average Bonchev–Trinajstić information content (AvgIpc) is 3.32. The van der Waals surface area contributed by atoms with Crippen molar-refractivity contribution in [1.29, 1.82) is 0 Å². The molecule has 1 amide bonds. The number of hydrogen-bond acceptors (Lipinski definition) is 6. The van der Waals surface area contributed by atoms with Gasteiger partial charge in [0.05, 0.1) is 11.6 Å². The maximum atomic E-state index is 12.6. The van der Waals surface area contributed by atoms with Crippen LogP contribution in [-0.2, 0) is 0 Å². The lowest BCUT2D eigenvalue weighted by Gasteiger charge is -2.48. The predicted molar refractivity (Wildman–Crippen MR) is 102 cm³/mol. The van der Waals surface area contributed by atoms with Gasteiger partial charge in [0.15, 0.2) is 0 Å². The Kier molecular flexibility index (Phi) is 3.98. The summed E-state index contributed by atoms with van der Waals surface area (Å²) < 4.78 is 5.59. The van der Waals surface area contributed by atoms with Crippen molar-refractivity contribution in [2.45, 2.75) is 12.5 Å². The largest absolute Gasteiger partial charge is 0.337 e. The van der Waals surface area contributed by atoms with Gasteiger partial charge in [-0.3, -0.25) is 14.7 Å². The quantitative estimate of drug-likeness (QED) is 0.701. The van der Waals surface area contributed by atoms with Crippen molar-refractivity contribution >= 4 is 5.91 Å². The van der Waals surface area contributed by atoms with Crippen LogP contribution in [0, 0.1) is 5.41 Å². The van der Waals surface area contributed by atoms with Crippen LogP contribution in [-0.4, -0.2) is 57.5 Å². The smallest absolute Gasteiger partial charge is 0.255 e. The molecular weight excluding hydrogens is 354 g/mol. The van der Waals surface area contributed by atoms with E-state index in [1.807, 2.05) is 41.3 Å². The van der Waals surface area contributed by atoms with E-state index >= 15 is 0 Å². The molecule has 4 heterocycles. The second-order valence-electron chi connectivity index (χ2n) is 7.86. The van der Waals surface area contributed by atoms with E-state index in [9.17, 15) is 4.79 Å². The molecule has 7 nitrogen and oxygen atoms in total. The maximum Gasteiger partial charge on any atom is 0.255 e. The van der Waals surface area contributed by atoms with Gasteiger partial charge in [0.2, 0.25) is 11.7 Å². The summed E-state index contributed by atoms with van der Waals surface area (Å²) in [5.74, 6) is 1.32. The molecule has 1 spiro atoms. The molecule has 0 saturated carbocycles. The second kappa shape index (κ2) is 6.53. The molecule has 28 heavy (non-hydrogen) atoms. The van der Waals surface area contributed by atoms with Gasteiger partial charge in [-0.1, -0.05) is 35.5 Å². The van der Waals surface area contributed by atoms with E-state index in [2.05, 4.69) is 27.1 Å². The van der Waals surface area contributed by atoms with Crippen LogP contribution in [0.3, 0.4) is 0 Å². The van der Waals surface area contributed by atoms with Crippen molar-refractivity contribution in [3.05, 3.63) is 66.3 Å². The third kappa shape index (κ3) is 2.88. The molecule has 5 rings (SSSR count). The summed E-state index contributed by atoms with van der Waals surface area (Å²) in [5.41, 5.74) is 1.69. The molecule has 0 bridgehead atoms. The lowest BCUT2D eigenvalue weighted by molar-refractivity contribution is 0.0114. The number of rotatable bonds is 3. The highest BCUT2D eigenvalue weighted by Gasteiger charge is 2.53. The van der Waals surface area contributed by atoms with Crippen molar-refractivity contribution in [2.75, 3.05) is 26.7 Å². The number of amides is 1. The molecule has 2 aromatic heterocycles. The first-order valence-corrected chi connectivity index (χ1v) is 9.42. The fourth-order valence-electron chi connectivity index (χ4n) is 4.43. The van der Waals surface area contributed by atoms with Crippen molar-refractivity contribution in [3.8, 4) is 11.4 Å². The summed E-state index contributed by atoms with van der Waals surface area (Å²) in [6.07, 6.45) is 4.22. The molecule has 1 aromatic carbocycles. The molecule has 3 aromatic rings. The van der Waals surface area contributed by atoms with Gasteiger partial charge in [0.25, 0.3) is 5.91 Å². The molecule has 2 saturated heterocycles. The van der Waals surface area contributed by atoms with E-state index in [1.165, 1.54) is 0 Å². The zero-order valence-electron chi connectivity index (χ0n) is 15.7. The number of carbonyl (C=O) groups excluding carboxylic acids is 1. The topological polar surface area (TPSA) is 75.4 Å². The fraction of sp³-hybridized carbons (Fsp3) is 0.333. The van der Waals surface area contributed by atoms with Gasteiger partial charge < -0.3 is 9.42 Å². The molecule has 2 aliphatic rings. The van der Waals surface area contributed by atoms with Gasteiger partial charge in [0, 0.05) is 43.0 Å². The SMILES string of the molecule is CN1CC2(CC1c1nc(-c3ccccc3)no1)CN(C(=O)c1cccnc1)C2. The molecule has 7 heteroatoms. The molecule has 0 N–H and O–H groups in total. The summed E-state index contributed by atoms with van der Waals surface area (Å²) in [4.78, 5) is 25.4. The number of benzene rings is 1. The van der Waals surface area contributed by atoms with Gasteiger partial charge in [-0.2, -0.15) is 4.98 Å². The van der Waals surface area contributed by atoms with Gasteiger partial charge in [-0.05, 0) is 25.6 Å². The molecule has 0 aliphatic carbocycles. The highest BCUT2D eigenvalue weighted by molar-refractivity contribution is 5.94. The van der Waals surface area contributed by atoms with E-state index in [-0.39, 0.29) is 17.4 Å². The number of hydrogen-bond donors (Lipinski definition) is 0. The lowest BCUT2D eigenvalue weighted by Crippen LogP contribution is -2.59. The Balaban J connectivity index is 1.28. The zero-order valence-corrected chi connectivity index (χ0v) is 15.7. The Bertz CT molecular complexity index is 982. The maximum absolute atomic E-state index is 12.6. The molecule has 2 aliphatic heterocycles. The van der Waals surface area contributed by atoms with Crippen LogP contribution in [0.2, 0.25) is 0 Å². The van der Waals surface area contributed by atoms with Crippen LogP contribution >= 0.6 is 0 Å². The summed E-state index contributed by atoms with van der Waals surface area (Å²) in [5, 5.41) is 4.16. The first-order chi connectivity index (χ1) is 13.6. The minimum atomic E-state index is 0.0500. The average molecular weight is 375 g/mol. The van der Waals surface area contributed by atoms with E-state index < -0.39 is 0 Å². The van der Waals surface area contributed by atoms with Crippen molar-refractivity contribution < 1.29 is 9.32 Å². The molecule has 1 atom stereocenters. The Labute approximate surface area is 163 Å². The molecule has 1 unspecified atom stereocenters. The molecular formula is C21H21N5O2. The van der Waals surface area contributed by atoms with E-state index in [1.54, 1.807) is 18.5 Å². The summed E-state index contributed by atoms with van der Waals surface area (Å²) in [6, 6.07) is 13.5. The number of likely N-dealkylation sites (tertiary alicyclic amines) is 2. The fourth-order valence-corrected chi connectivity index (χ4v) is 4.43. The standard InChI is InChI=1S/C21H21N5O2/c1-25-12-21(13-26(14-21)20(27)16-8-5-9-22-11-16)10-17(25)19-23-18(24-28-19)15-6-3-2-4-7-15/h2-9,11,17H,10,12-14H2,1H3. The first kappa shape index (κ1) is 17.1. The molecule has 0 radical (unpaired) electrons. The van der Waals surface area contributed by atoms with Crippen LogP contribution in [0.5, 0.6) is 0 Å². The molecule has 2 fully saturated rings. The Morgan fingerprint density at radius 1 is 1.14 bits per heavy atom. The van der Waals surface area contributed by atoms with E-state index in [4.69, 9.17) is 4.52 Å². The van der Waals surface area contributed by atoms with Crippen molar-refractivity contribution in [3.63, 3.8) is 0 Å². The van der Waals surface area contributed by atoms with Gasteiger partial charge in [-0.25, -0.2) is 0 Å². The Morgan fingerprint density at radius 2 is 1.96 bits per heavy atom. The van der Waals surface area contributed by atoms with Crippen LogP contribution in [0.15, 0.2) is 59.4 Å². The van der Waals surface area contributed by atoms with E-state index in [0.717, 1.165) is 31.6 Å². The Hall–Kier alpha value is -3.06. The Morgan fingerprint density at radius 3 is 2.71 bits per heavy atom. The van der Waals surface area contributed by atoms with E-state index in [0.29, 0.717) is 17.3 Å².